The number of hydrogen-bond donors (Lipinski definition) is 3. The predicted octanol–water partition coefficient (Wildman–Crippen LogP) is 2.73. The molecule has 0 spiro atoms. The van der Waals surface area contributed by atoms with Crippen LogP contribution in [0.2, 0.25) is 0 Å². The van der Waals surface area contributed by atoms with Crippen molar-refractivity contribution in [1.82, 2.24) is 25.3 Å². The maximum absolute atomic E-state index is 12.6. The Hall–Kier alpha value is -2.68. The van der Waals surface area contributed by atoms with Gasteiger partial charge in [-0.15, -0.1) is 0 Å². The van der Waals surface area contributed by atoms with Crippen LogP contribution in [0.5, 0.6) is 0 Å². The van der Waals surface area contributed by atoms with E-state index in [0.29, 0.717) is 36.2 Å². The number of anilines is 1. The summed E-state index contributed by atoms with van der Waals surface area (Å²) in [4.78, 5) is 24.8. The van der Waals surface area contributed by atoms with Crippen LogP contribution >= 0.6 is 0 Å². The molecular formula is C21H32N6O3. The second kappa shape index (κ2) is 8.99. The molecule has 9 nitrogen and oxygen atoms in total. The molecular weight excluding hydrogens is 384 g/mol. The third kappa shape index (κ3) is 5.27. The first-order chi connectivity index (χ1) is 14.2. The average molecular weight is 417 g/mol. The van der Waals surface area contributed by atoms with Crippen LogP contribution in [0.3, 0.4) is 0 Å². The quantitative estimate of drug-likeness (QED) is 0.612. The van der Waals surface area contributed by atoms with E-state index in [1.165, 1.54) is 4.68 Å². The third-order valence-electron chi connectivity index (χ3n) is 5.61. The number of methoxy groups -OCH3 is 1. The fraction of sp³-hybridized carbons (Fsp3) is 0.619. The molecule has 1 aliphatic rings. The summed E-state index contributed by atoms with van der Waals surface area (Å²) < 4.78 is 6.59. The molecule has 1 saturated carbocycles. The minimum Gasteiger partial charge on any atom is -0.378 e. The fourth-order valence-corrected chi connectivity index (χ4v) is 4.26. The number of amides is 2. The number of rotatable bonds is 8. The van der Waals surface area contributed by atoms with Gasteiger partial charge in [0, 0.05) is 44.3 Å². The van der Waals surface area contributed by atoms with Gasteiger partial charge in [0.15, 0.2) is 5.82 Å². The Morgan fingerprint density at radius 3 is 2.87 bits per heavy atom. The normalized spacial score (nSPS) is 21.2. The van der Waals surface area contributed by atoms with E-state index in [0.717, 1.165) is 25.0 Å². The lowest BCUT2D eigenvalue weighted by atomic mass is 9.83. The molecule has 9 heteroatoms. The van der Waals surface area contributed by atoms with Gasteiger partial charge in [0.05, 0.1) is 12.3 Å². The Balaban J connectivity index is 1.60. The van der Waals surface area contributed by atoms with E-state index in [-0.39, 0.29) is 23.3 Å². The van der Waals surface area contributed by atoms with Gasteiger partial charge in [-0.25, -0.2) is 0 Å². The second-order valence-electron chi connectivity index (χ2n) is 8.89. The molecule has 3 rings (SSSR count). The summed E-state index contributed by atoms with van der Waals surface area (Å²) in [7, 11) is 3.31. The molecule has 2 heterocycles. The number of aromatic amines is 1. The molecule has 0 aromatic carbocycles. The molecule has 30 heavy (non-hydrogen) atoms. The SMILES string of the molecule is COCc1cc(C(=O)Nc2cc([C@H]3CC[C@](C)(CC(=O)NC(C)C)C3)[nH]n2)n(C)n1. The number of carbonyl (C=O) groups is 2. The summed E-state index contributed by atoms with van der Waals surface area (Å²) in [5, 5.41) is 17.4. The smallest absolute Gasteiger partial charge is 0.275 e. The zero-order chi connectivity index (χ0) is 21.9. The van der Waals surface area contributed by atoms with Gasteiger partial charge in [0.25, 0.3) is 5.91 Å². The highest BCUT2D eigenvalue weighted by Crippen LogP contribution is 2.48. The van der Waals surface area contributed by atoms with Crippen LogP contribution in [0, 0.1) is 5.41 Å². The molecule has 2 aromatic heterocycles. The summed E-state index contributed by atoms with van der Waals surface area (Å²) in [6.45, 7) is 6.47. The average Bonchev–Trinajstić information content (AvgIpc) is 3.33. The second-order valence-corrected chi connectivity index (χ2v) is 8.89. The van der Waals surface area contributed by atoms with E-state index in [4.69, 9.17) is 4.74 Å². The van der Waals surface area contributed by atoms with Crippen molar-refractivity contribution in [3.05, 3.63) is 29.2 Å². The first-order valence-corrected chi connectivity index (χ1v) is 10.4. The first kappa shape index (κ1) is 22.0. The van der Waals surface area contributed by atoms with Crippen LogP contribution in [0.1, 0.15) is 74.2 Å². The number of nitrogens with zero attached hydrogens (tertiary/aromatic N) is 3. The molecule has 0 radical (unpaired) electrons. The lowest BCUT2D eigenvalue weighted by Gasteiger charge is -2.24. The molecule has 1 aliphatic carbocycles. The Morgan fingerprint density at radius 1 is 1.40 bits per heavy atom. The highest BCUT2D eigenvalue weighted by Gasteiger charge is 2.38. The molecule has 0 saturated heterocycles. The summed E-state index contributed by atoms with van der Waals surface area (Å²) in [5.74, 6) is 0.613. The van der Waals surface area contributed by atoms with Crippen molar-refractivity contribution in [1.29, 1.82) is 0 Å². The number of hydrogen-bond acceptors (Lipinski definition) is 5. The van der Waals surface area contributed by atoms with E-state index in [1.54, 1.807) is 20.2 Å². The summed E-state index contributed by atoms with van der Waals surface area (Å²) in [6, 6.07) is 3.74. The lowest BCUT2D eigenvalue weighted by Crippen LogP contribution is -2.33. The van der Waals surface area contributed by atoms with Crippen molar-refractivity contribution in [2.24, 2.45) is 12.5 Å². The van der Waals surface area contributed by atoms with Crippen molar-refractivity contribution < 1.29 is 14.3 Å². The first-order valence-electron chi connectivity index (χ1n) is 10.4. The molecule has 0 unspecified atom stereocenters. The highest BCUT2D eigenvalue weighted by atomic mass is 16.5. The molecule has 3 N–H and O–H groups in total. The van der Waals surface area contributed by atoms with Gasteiger partial charge >= 0.3 is 0 Å². The summed E-state index contributed by atoms with van der Waals surface area (Å²) >= 11 is 0. The van der Waals surface area contributed by atoms with Crippen molar-refractivity contribution in [3.8, 4) is 0 Å². The molecule has 2 atom stereocenters. The summed E-state index contributed by atoms with van der Waals surface area (Å²) in [5.41, 5.74) is 2.10. The number of aromatic nitrogens is 4. The van der Waals surface area contributed by atoms with Crippen LogP contribution in [-0.2, 0) is 23.2 Å². The van der Waals surface area contributed by atoms with Gasteiger partial charge in [0.2, 0.25) is 5.91 Å². The Labute approximate surface area is 176 Å². The van der Waals surface area contributed by atoms with Crippen LogP contribution in [0.15, 0.2) is 12.1 Å². The van der Waals surface area contributed by atoms with E-state index < -0.39 is 0 Å². The maximum Gasteiger partial charge on any atom is 0.275 e. The number of H-pyrrole nitrogens is 1. The minimum absolute atomic E-state index is 0.0232. The van der Waals surface area contributed by atoms with Gasteiger partial charge < -0.3 is 15.4 Å². The number of nitrogens with one attached hydrogen (secondary N) is 3. The number of aryl methyl sites for hydroxylation is 1. The molecule has 0 aliphatic heterocycles. The van der Waals surface area contributed by atoms with E-state index in [2.05, 4.69) is 32.9 Å². The van der Waals surface area contributed by atoms with E-state index >= 15 is 0 Å². The Kier molecular flexibility index (Phi) is 6.60. The number of carbonyl (C=O) groups excluding carboxylic acids is 2. The molecule has 2 amide bonds. The van der Waals surface area contributed by atoms with Crippen molar-refractivity contribution in [3.63, 3.8) is 0 Å². The zero-order valence-corrected chi connectivity index (χ0v) is 18.4. The van der Waals surface area contributed by atoms with Crippen LogP contribution in [0.4, 0.5) is 5.82 Å². The topological polar surface area (TPSA) is 114 Å². The van der Waals surface area contributed by atoms with Crippen LogP contribution in [-0.4, -0.2) is 44.9 Å². The monoisotopic (exact) mass is 416 g/mol. The van der Waals surface area contributed by atoms with Crippen LogP contribution in [0.25, 0.3) is 0 Å². The predicted molar refractivity (Wildman–Crippen MR) is 113 cm³/mol. The van der Waals surface area contributed by atoms with E-state index in [1.807, 2.05) is 19.9 Å². The Morgan fingerprint density at radius 2 is 2.17 bits per heavy atom. The standard InChI is InChI=1S/C21H32N6O3/c1-13(2)22-19(28)11-21(3)7-6-14(10-21)16-9-18(25-24-16)23-20(29)17-8-15(12-30-5)26-27(17)4/h8-9,13-14H,6-7,10-12H2,1-5H3,(H,22,28)(H2,23,24,25,29)/t14-,21-/m0/s1. The molecule has 164 valence electrons. The van der Waals surface area contributed by atoms with Gasteiger partial charge in [-0.3, -0.25) is 19.4 Å². The summed E-state index contributed by atoms with van der Waals surface area (Å²) in [6.07, 6.45) is 3.42. The van der Waals surface area contributed by atoms with Gasteiger partial charge in [-0.2, -0.15) is 10.2 Å². The number of ether oxygens (including phenoxy) is 1. The van der Waals surface area contributed by atoms with Crippen molar-refractivity contribution >= 4 is 17.6 Å². The van der Waals surface area contributed by atoms with Crippen molar-refractivity contribution in [2.75, 3.05) is 12.4 Å². The zero-order valence-electron chi connectivity index (χ0n) is 18.4. The van der Waals surface area contributed by atoms with E-state index in [9.17, 15) is 9.59 Å². The van der Waals surface area contributed by atoms with Crippen molar-refractivity contribution in [2.45, 2.75) is 65.0 Å². The molecule has 1 fully saturated rings. The maximum atomic E-state index is 12.6. The van der Waals surface area contributed by atoms with Crippen LogP contribution < -0.4 is 10.6 Å². The van der Waals surface area contributed by atoms with Gasteiger partial charge in [-0.05, 0) is 44.6 Å². The highest BCUT2D eigenvalue weighted by molar-refractivity contribution is 6.02. The third-order valence-corrected chi connectivity index (χ3v) is 5.61. The van der Waals surface area contributed by atoms with Gasteiger partial charge in [0.1, 0.15) is 5.69 Å². The minimum atomic E-state index is -0.271. The molecule has 0 bridgehead atoms. The molecule has 2 aromatic rings. The largest absolute Gasteiger partial charge is 0.378 e. The Bertz CT molecular complexity index is 902. The fourth-order valence-electron chi connectivity index (χ4n) is 4.26. The van der Waals surface area contributed by atoms with Gasteiger partial charge in [-0.1, -0.05) is 6.92 Å². The lowest BCUT2D eigenvalue weighted by molar-refractivity contribution is -0.123.